The van der Waals surface area contributed by atoms with Gasteiger partial charge in [0, 0.05) is 30.1 Å². The number of thiazole rings is 1. The van der Waals surface area contributed by atoms with Gasteiger partial charge in [0.05, 0.1) is 5.69 Å². The second kappa shape index (κ2) is 8.63. The third kappa shape index (κ3) is 4.74. The van der Waals surface area contributed by atoms with Crippen molar-refractivity contribution in [3.63, 3.8) is 0 Å². The van der Waals surface area contributed by atoms with E-state index in [0.29, 0.717) is 12.1 Å². The zero-order chi connectivity index (χ0) is 15.1. The van der Waals surface area contributed by atoms with Crippen LogP contribution < -0.4 is 10.2 Å². The van der Waals surface area contributed by atoms with Crippen molar-refractivity contribution in [1.82, 2.24) is 10.3 Å². The molecule has 0 bridgehead atoms. The number of nitrogens with zero attached hydrogens (tertiary/aromatic N) is 2. The van der Waals surface area contributed by atoms with Crippen molar-refractivity contribution in [1.29, 1.82) is 0 Å². The van der Waals surface area contributed by atoms with Crippen LogP contribution in [0.2, 0.25) is 0 Å². The van der Waals surface area contributed by atoms with E-state index in [1.54, 1.807) is 0 Å². The maximum absolute atomic E-state index is 4.92. The van der Waals surface area contributed by atoms with Crippen molar-refractivity contribution in [3.8, 4) is 0 Å². The molecule has 1 atom stereocenters. The Kier molecular flexibility index (Phi) is 7.52. The fourth-order valence-corrected chi connectivity index (χ4v) is 3.44. The summed E-state index contributed by atoms with van der Waals surface area (Å²) in [4.78, 5) is 8.77. The van der Waals surface area contributed by atoms with Crippen LogP contribution in [0.3, 0.4) is 0 Å². The number of hydrogen-bond acceptors (Lipinski definition) is 4. The Balaban J connectivity index is 2.94. The van der Waals surface area contributed by atoms with Crippen LogP contribution in [0.15, 0.2) is 0 Å². The van der Waals surface area contributed by atoms with E-state index in [-0.39, 0.29) is 0 Å². The minimum atomic E-state index is 0.520. The van der Waals surface area contributed by atoms with Gasteiger partial charge in [-0.25, -0.2) is 4.98 Å². The van der Waals surface area contributed by atoms with Gasteiger partial charge in [-0.1, -0.05) is 34.1 Å². The van der Waals surface area contributed by atoms with Crippen LogP contribution in [0.25, 0.3) is 0 Å². The highest BCUT2D eigenvalue weighted by Crippen LogP contribution is 2.29. The van der Waals surface area contributed by atoms with Crippen molar-refractivity contribution in [2.45, 2.75) is 79.4 Å². The van der Waals surface area contributed by atoms with Crippen LogP contribution in [0, 0.1) is 0 Å². The molecule has 116 valence electrons. The average Bonchev–Trinajstić information content (AvgIpc) is 2.80. The molecule has 1 rings (SSSR count). The summed E-state index contributed by atoms with van der Waals surface area (Å²) in [6.45, 7) is 15.3. The number of anilines is 1. The number of rotatable bonds is 9. The van der Waals surface area contributed by atoms with Crippen molar-refractivity contribution in [2.24, 2.45) is 0 Å². The third-order valence-electron chi connectivity index (χ3n) is 3.63. The molecule has 1 unspecified atom stereocenters. The maximum Gasteiger partial charge on any atom is 0.186 e. The van der Waals surface area contributed by atoms with E-state index < -0.39 is 0 Å². The normalized spacial score (nSPS) is 12.9. The SMILES string of the molecule is CCCc1nc(N(CC)C(C)CC)sc1CNC(C)C. The molecule has 0 aromatic carbocycles. The first-order chi connectivity index (χ1) is 9.53. The lowest BCUT2D eigenvalue weighted by Gasteiger charge is -2.26. The molecule has 0 saturated carbocycles. The number of aryl methyl sites for hydroxylation is 1. The highest BCUT2D eigenvalue weighted by Gasteiger charge is 2.18. The molecular weight excluding hydrogens is 266 g/mol. The smallest absolute Gasteiger partial charge is 0.186 e. The van der Waals surface area contributed by atoms with Gasteiger partial charge in [-0.15, -0.1) is 11.3 Å². The molecule has 0 spiro atoms. The topological polar surface area (TPSA) is 28.2 Å². The lowest BCUT2D eigenvalue weighted by atomic mass is 10.2. The molecule has 0 fully saturated rings. The van der Waals surface area contributed by atoms with E-state index in [1.165, 1.54) is 15.7 Å². The van der Waals surface area contributed by atoms with Crippen molar-refractivity contribution < 1.29 is 0 Å². The first-order valence-electron chi connectivity index (χ1n) is 8.01. The molecule has 1 aromatic heterocycles. The summed E-state index contributed by atoms with van der Waals surface area (Å²) in [6, 6.07) is 1.08. The van der Waals surface area contributed by atoms with Gasteiger partial charge in [0.2, 0.25) is 0 Å². The van der Waals surface area contributed by atoms with Gasteiger partial charge in [0.15, 0.2) is 5.13 Å². The molecule has 0 saturated heterocycles. The maximum atomic E-state index is 4.92. The molecule has 0 aliphatic rings. The summed E-state index contributed by atoms with van der Waals surface area (Å²) >= 11 is 1.87. The number of nitrogens with one attached hydrogen (secondary N) is 1. The Morgan fingerprint density at radius 3 is 2.40 bits per heavy atom. The lowest BCUT2D eigenvalue weighted by molar-refractivity contribution is 0.589. The van der Waals surface area contributed by atoms with Crippen molar-refractivity contribution >= 4 is 16.5 Å². The fraction of sp³-hybridized carbons (Fsp3) is 0.812. The molecule has 0 amide bonds. The van der Waals surface area contributed by atoms with Crippen LogP contribution >= 0.6 is 11.3 Å². The van der Waals surface area contributed by atoms with Crippen molar-refractivity contribution in [3.05, 3.63) is 10.6 Å². The second-order valence-electron chi connectivity index (χ2n) is 5.70. The van der Waals surface area contributed by atoms with Gasteiger partial charge < -0.3 is 10.2 Å². The summed E-state index contributed by atoms with van der Waals surface area (Å²) in [7, 11) is 0. The Morgan fingerprint density at radius 2 is 1.90 bits per heavy atom. The van der Waals surface area contributed by atoms with Crippen molar-refractivity contribution in [2.75, 3.05) is 11.4 Å². The van der Waals surface area contributed by atoms with Crippen LogP contribution in [0.4, 0.5) is 5.13 Å². The van der Waals surface area contributed by atoms with Gasteiger partial charge in [0.1, 0.15) is 0 Å². The molecule has 1 heterocycles. The monoisotopic (exact) mass is 297 g/mol. The van der Waals surface area contributed by atoms with E-state index in [4.69, 9.17) is 4.98 Å². The Labute approximate surface area is 128 Å². The van der Waals surface area contributed by atoms with Crippen LogP contribution in [-0.2, 0) is 13.0 Å². The van der Waals surface area contributed by atoms with E-state index in [9.17, 15) is 0 Å². The summed E-state index contributed by atoms with van der Waals surface area (Å²) in [5, 5.41) is 4.73. The largest absolute Gasteiger partial charge is 0.346 e. The number of hydrogen-bond donors (Lipinski definition) is 1. The predicted molar refractivity (Wildman–Crippen MR) is 90.9 cm³/mol. The number of aromatic nitrogens is 1. The molecule has 3 nitrogen and oxygen atoms in total. The zero-order valence-electron chi connectivity index (χ0n) is 14.0. The molecule has 0 aliphatic carbocycles. The van der Waals surface area contributed by atoms with Gasteiger partial charge in [-0.05, 0) is 26.7 Å². The average molecular weight is 298 g/mol. The lowest BCUT2D eigenvalue weighted by Crippen LogP contribution is -2.32. The third-order valence-corrected chi connectivity index (χ3v) is 4.77. The summed E-state index contributed by atoms with van der Waals surface area (Å²) in [5.41, 5.74) is 1.29. The molecule has 20 heavy (non-hydrogen) atoms. The highest BCUT2D eigenvalue weighted by molar-refractivity contribution is 7.15. The molecule has 1 aromatic rings. The Hall–Kier alpha value is -0.610. The Bertz CT molecular complexity index is 387. The minimum Gasteiger partial charge on any atom is -0.346 e. The van der Waals surface area contributed by atoms with Gasteiger partial charge >= 0.3 is 0 Å². The van der Waals surface area contributed by atoms with Gasteiger partial charge in [0.25, 0.3) is 0 Å². The van der Waals surface area contributed by atoms with Crippen LogP contribution in [0.1, 0.15) is 65.0 Å². The van der Waals surface area contributed by atoms with Gasteiger partial charge in [-0.3, -0.25) is 0 Å². The minimum absolute atomic E-state index is 0.520. The zero-order valence-corrected chi connectivity index (χ0v) is 14.8. The van der Waals surface area contributed by atoms with Crippen LogP contribution in [0.5, 0.6) is 0 Å². The Morgan fingerprint density at radius 1 is 1.20 bits per heavy atom. The highest BCUT2D eigenvalue weighted by atomic mass is 32.1. The standard InChI is InChI=1S/C16H31N3S/c1-7-10-14-15(11-17-12(4)5)20-16(18-14)19(9-3)13(6)8-2/h12-13,17H,7-11H2,1-6H3. The van der Waals surface area contributed by atoms with E-state index in [1.807, 2.05) is 11.3 Å². The van der Waals surface area contributed by atoms with E-state index in [0.717, 1.165) is 32.4 Å². The molecule has 0 aliphatic heterocycles. The molecular formula is C16H31N3S. The molecule has 0 radical (unpaired) electrons. The van der Waals surface area contributed by atoms with Gasteiger partial charge in [-0.2, -0.15) is 0 Å². The first-order valence-corrected chi connectivity index (χ1v) is 8.83. The fourth-order valence-electron chi connectivity index (χ4n) is 2.22. The second-order valence-corrected chi connectivity index (χ2v) is 6.76. The van der Waals surface area contributed by atoms with E-state index in [2.05, 4.69) is 51.8 Å². The van der Waals surface area contributed by atoms with E-state index >= 15 is 0 Å². The molecule has 4 heteroatoms. The quantitative estimate of drug-likeness (QED) is 0.740. The molecule has 1 N–H and O–H groups in total. The first kappa shape index (κ1) is 17.4. The predicted octanol–water partition coefficient (Wildman–Crippen LogP) is 4.22. The van der Waals surface area contributed by atoms with Crippen LogP contribution in [-0.4, -0.2) is 23.6 Å². The summed E-state index contributed by atoms with van der Waals surface area (Å²) < 4.78 is 0. The summed E-state index contributed by atoms with van der Waals surface area (Å²) in [5.74, 6) is 0. The summed E-state index contributed by atoms with van der Waals surface area (Å²) in [6.07, 6.45) is 3.41.